The van der Waals surface area contributed by atoms with E-state index < -0.39 is 0 Å². The zero-order valence-corrected chi connectivity index (χ0v) is 18.6. The minimum atomic E-state index is -0.341. The molecule has 1 fully saturated rings. The van der Waals surface area contributed by atoms with Crippen molar-refractivity contribution in [1.29, 1.82) is 5.26 Å². The molecule has 0 bridgehead atoms. The summed E-state index contributed by atoms with van der Waals surface area (Å²) in [6.45, 7) is 6.71. The van der Waals surface area contributed by atoms with Crippen LogP contribution in [-0.4, -0.2) is 41.5 Å². The van der Waals surface area contributed by atoms with Crippen LogP contribution in [-0.2, 0) is 15.1 Å². The van der Waals surface area contributed by atoms with E-state index in [-0.39, 0.29) is 24.2 Å². The maximum absolute atomic E-state index is 12.8. The number of halogens is 1. The molecule has 3 rings (SSSR count). The zero-order chi connectivity index (χ0) is 21.6. The van der Waals surface area contributed by atoms with E-state index in [2.05, 4.69) is 32.8 Å². The highest BCUT2D eigenvalue weighted by molar-refractivity contribution is 9.10. The topological polar surface area (TPSA) is 78.3 Å². The second-order valence-electron chi connectivity index (χ2n) is 7.47. The van der Waals surface area contributed by atoms with Gasteiger partial charge in [0.25, 0.3) is 0 Å². The standard InChI is InChI=1S/C23H25BrN4O2/c1-3-12-28(15-17(2)27-21-9-4-18(13-25)14-26-21)22(29)16-30-23(10-11-23)19-5-7-20(24)8-6-19/h3-9,14,17H,1,10-12,15-16H2,2H3,(H,26,27). The van der Waals surface area contributed by atoms with Crippen molar-refractivity contribution < 1.29 is 9.53 Å². The molecule has 1 aromatic carbocycles. The SMILES string of the molecule is C=CCN(CC(C)Nc1ccc(C#N)cn1)C(=O)COC1(c2ccc(Br)cc2)CC1. The van der Waals surface area contributed by atoms with Crippen molar-refractivity contribution in [3.05, 3.63) is 70.8 Å². The van der Waals surface area contributed by atoms with E-state index in [0.29, 0.717) is 24.5 Å². The number of anilines is 1. The summed E-state index contributed by atoms with van der Waals surface area (Å²) in [5, 5.41) is 12.1. The molecular formula is C23H25BrN4O2. The molecule has 1 aliphatic rings. The van der Waals surface area contributed by atoms with Crippen molar-refractivity contribution in [3.8, 4) is 6.07 Å². The summed E-state index contributed by atoms with van der Waals surface area (Å²) in [5.41, 5.74) is 1.27. The van der Waals surface area contributed by atoms with Gasteiger partial charge in [0, 0.05) is 29.8 Å². The van der Waals surface area contributed by atoms with Crippen molar-refractivity contribution in [2.24, 2.45) is 0 Å². The van der Waals surface area contributed by atoms with E-state index in [9.17, 15) is 4.79 Å². The number of aromatic nitrogens is 1. The van der Waals surface area contributed by atoms with E-state index in [4.69, 9.17) is 10.00 Å². The van der Waals surface area contributed by atoms with Gasteiger partial charge in [-0.25, -0.2) is 4.98 Å². The van der Waals surface area contributed by atoms with Gasteiger partial charge in [0.1, 0.15) is 18.5 Å². The molecule has 1 saturated carbocycles. The van der Waals surface area contributed by atoms with Crippen LogP contribution in [0.2, 0.25) is 0 Å². The molecule has 7 heteroatoms. The van der Waals surface area contributed by atoms with Gasteiger partial charge in [0.05, 0.1) is 11.2 Å². The van der Waals surface area contributed by atoms with Crippen molar-refractivity contribution in [2.75, 3.05) is 25.0 Å². The molecule has 0 radical (unpaired) electrons. The third kappa shape index (κ3) is 5.68. The molecular weight excluding hydrogens is 444 g/mol. The second-order valence-corrected chi connectivity index (χ2v) is 8.38. The third-order valence-corrected chi connectivity index (χ3v) is 5.56. The average Bonchev–Trinajstić information content (AvgIpc) is 3.54. The van der Waals surface area contributed by atoms with Gasteiger partial charge in [0.2, 0.25) is 5.91 Å². The molecule has 1 unspecified atom stereocenters. The molecule has 0 aliphatic heterocycles. The summed E-state index contributed by atoms with van der Waals surface area (Å²) in [5.74, 6) is 0.593. The van der Waals surface area contributed by atoms with Gasteiger partial charge in [-0.2, -0.15) is 5.26 Å². The first kappa shape index (κ1) is 22.0. The highest BCUT2D eigenvalue weighted by Crippen LogP contribution is 2.49. The molecule has 1 atom stereocenters. The Bertz CT molecular complexity index is 918. The molecule has 156 valence electrons. The number of hydrogen-bond acceptors (Lipinski definition) is 5. The third-order valence-electron chi connectivity index (χ3n) is 5.03. The van der Waals surface area contributed by atoms with Crippen LogP contribution in [0.4, 0.5) is 5.82 Å². The number of carbonyl (C=O) groups excluding carboxylic acids is 1. The first-order chi connectivity index (χ1) is 14.5. The monoisotopic (exact) mass is 468 g/mol. The number of ether oxygens (including phenoxy) is 1. The lowest BCUT2D eigenvalue weighted by molar-refractivity contribution is -0.139. The number of hydrogen-bond donors (Lipinski definition) is 1. The lowest BCUT2D eigenvalue weighted by Crippen LogP contribution is -2.41. The Balaban J connectivity index is 1.55. The fourth-order valence-electron chi connectivity index (χ4n) is 3.28. The maximum Gasteiger partial charge on any atom is 0.248 e. The molecule has 2 aromatic rings. The molecule has 1 N–H and O–H groups in total. The van der Waals surface area contributed by atoms with E-state index >= 15 is 0 Å². The van der Waals surface area contributed by atoms with Gasteiger partial charge in [-0.3, -0.25) is 4.79 Å². The van der Waals surface area contributed by atoms with Crippen molar-refractivity contribution >= 4 is 27.7 Å². The van der Waals surface area contributed by atoms with Crippen molar-refractivity contribution in [3.63, 3.8) is 0 Å². The summed E-state index contributed by atoms with van der Waals surface area (Å²) < 4.78 is 7.10. The highest BCUT2D eigenvalue weighted by atomic mass is 79.9. The Labute approximate surface area is 185 Å². The Morgan fingerprint density at radius 3 is 2.70 bits per heavy atom. The number of amides is 1. The van der Waals surface area contributed by atoms with Gasteiger partial charge in [-0.1, -0.05) is 34.1 Å². The lowest BCUT2D eigenvalue weighted by Gasteiger charge is -2.27. The summed E-state index contributed by atoms with van der Waals surface area (Å²) in [7, 11) is 0. The van der Waals surface area contributed by atoms with Crippen LogP contribution in [0, 0.1) is 11.3 Å². The Kier molecular flexibility index (Phi) is 7.24. The van der Waals surface area contributed by atoms with Crippen LogP contribution in [0.1, 0.15) is 30.9 Å². The maximum atomic E-state index is 12.8. The highest BCUT2D eigenvalue weighted by Gasteiger charge is 2.46. The number of nitrogens with zero attached hydrogens (tertiary/aromatic N) is 3. The Morgan fingerprint density at radius 1 is 1.40 bits per heavy atom. The molecule has 1 aromatic heterocycles. The van der Waals surface area contributed by atoms with Crippen LogP contribution in [0.5, 0.6) is 0 Å². The minimum Gasteiger partial charge on any atom is -0.366 e. The predicted molar refractivity (Wildman–Crippen MR) is 120 cm³/mol. The van der Waals surface area contributed by atoms with E-state index in [1.54, 1.807) is 23.1 Å². The van der Waals surface area contributed by atoms with Crippen LogP contribution in [0.3, 0.4) is 0 Å². The first-order valence-electron chi connectivity index (χ1n) is 9.87. The largest absolute Gasteiger partial charge is 0.366 e. The van der Waals surface area contributed by atoms with Gasteiger partial charge in [0.15, 0.2) is 0 Å². The Hall–Kier alpha value is -2.69. The molecule has 30 heavy (non-hydrogen) atoms. The van der Waals surface area contributed by atoms with Gasteiger partial charge in [-0.15, -0.1) is 6.58 Å². The van der Waals surface area contributed by atoms with Crippen LogP contribution >= 0.6 is 15.9 Å². The molecule has 1 aliphatic carbocycles. The summed E-state index contributed by atoms with van der Waals surface area (Å²) in [4.78, 5) is 18.8. The van der Waals surface area contributed by atoms with Gasteiger partial charge in [-0.05, 0) is 49.6 Å². The van der Waals surface area contributed by atoms with Crippen LogP contribution < -0.4 is 5.32 Å². The summed E-state index contributed by atoms with van der Waals surface area (Å²) in [6.07, 6.45) is 5.08. The predicted octanol–water partition coefficient (Wildman–Crippen LogP) is 4.24. The number of pyridine rings is 1. The van der Waals surface area contributed by atoms with Crippen LogP contribution in [0.15, 0.2) is 59.7 Å². The van der Waals surface area contributed by atoms with E-state index in [1.165, 1.54) is 6.20 Å². The summed E-state index contributed by atoms with van der Waals surface area (Å²) in [6, 6.07) is 13.6. The number of nitrogens with one attached hydrogen (secondary N) is 1. The van der Waals surface area contributed by atoms with Crippen LogP contribution in [0.25, 0.3) is 0 Å². The molecule has 1 heterocycles. The van der Waals surface area contributed by atoms with E-state index in [1.807, 2.05) is 37.3 Å². The van der Waals surface area contributed by atoms with Crippen molar-refractivity contribution in [2.45, 2.75) is 31.4 Å². The van der Waals surface area contributed by atoms with Gasteiger partial charge >= 0.3 is 0 Å². The quantitative estimate of drug-likeness (QED) is 0.527. The van der Waals surface area contributed by atoms with Gasteiger partial charge < -0.3 is 15.0 Å². The number of benzene rings is 1. The Morgan fingerprint density at radius 2 is 2.13 bits per heavy atom. The smallest absolute Gasteiger partial charge is 0.248 e. The zero-order valence-electron chi connectivity index (χ0n) is 17.0. The minimum absolute atomic E-state index is 0.0318. The second kappa shape index (κ2) is 9.88. The number of rotatable bonds is 10. The number of nitriles is 1. The molecule has 6 nitrogen and oxygen atoms in total. The first-order valence-corrected chi connectivity index (χ1v) is 10.7. The number of carbonyl (C=O) groups is 1. The fraction of sp³-hybridized carbons (Fsp3) is 0.348. The van der Waals surface area contributed by atoms with E-state index in [0.717, 1.165) is 22.9 Å². The molecule has 0 saturated heterocycles. The fourth-order valence-corrected chi connectivity index (χ4v) is 3.55. The summed E-state index contributed by atoms with van der Waals surface area (Å²) >= 11 is 3.45. The normalized spacial score (nSPS) is 15.0. The molecule has 1 amide bonds. The van der Waals surface area contributed by atoms with Crippen molar-refractivity contribution in [1.82, 2.24) is 9.88 Å². The molecule has 0 spiro atoms. The lowest BCUT2D eigenvalue weighted by atomic mass is 10.1. The average molecular weight is 469 g/mol.